The van der Waals surface area contributed by atoms with Gasteiger partial charge in [-0.05, 0) is 12.3 Å². The van der Waals surface area contributed by atoms with Gasteiger partial charge in [-0.25, -0.2) is 24.5 Å². The summed E-state index contributed by atoms with van der Waals surface area (Å²) >= 11 is 0. The molecule has 0 bridgehead atoms. The molecule has 4 atom stereocenters. The van der Waals surface area contributed by atoms with Crippen molar-refractivity contribution in [2.75, 3.05) is 12.3 Å². The van der Waals surface area contributed by atoms with Crippen LogP contribution < -0.4 is 5.73 Å². The van der Waals surface area contributed by atoms with Gasteiger partial charge in [-0.2, -0.15) is 0 Å². The Balaban J connectivity index is 2.10. The van der Waals surface area contributed by atoms with Gasteiger partial charge >= 0.3 is 11.9 Å². The number of nitrogens with zero attached hydrogens (tertiary/aromatic N) is 4. The minimum atomic E-state index is -2.89. The Kier molecular flexibility index (Phi) is 6.84. The van der Waals surface area contributed by atoms with Crippen LogP contribution in [0, 0.1) is 11.8 Å². The zero-order chi connectivity index (χ0) is 24.4. The highest BCUT2D eigenvalue weighted by atomic mass is 16.6. The van der Waals surface area contributed by atoms with Crippen molar-refractivity contribution in [2.45, 2.75) is 62.6 Å². The number of rotatable bonds is 8. The molecule has 13 heteroatoms. The van der Waals surface area contributed by atoms with E-state index in [-0.39, 0.29) is 22.8 Å². The van der Waals surface area contributed by atoms with Gasteiger partial charge < -0.3 is 36.0 Å². The highest BCUT2D eigenvalue weighted by Crippen LogP contribution is 2.43. The molecule has 2 aromatic rings. The van der Waals surface area contributed by atoms with E-state index in [1.807, 2.05) is 0 Å². The zero-order valence-corrected chi connectivity index (χ0v) is 17.8. The molecule has 13 nitrogen and oxygen atoms in total. The second kappa shape index (κ2) is 9.28. The Bertz CT molecular complexity index is 1120. The van der Waals surface area contributed by atoms with Crippen LogP contribution in [0.25, 0.3) is 11.2 Å². The average molecular weight is 463 g/mol. The number of nitrogen functional groups attached to an aromatic ring is 1. The standard InChI is InChI=1S/C20H25N5O8/c1-2-3-4-5-6-7-8-11-23-15(21)12-16(24-11)25(10-22-12)20(18(31)32)14(28)13(27)19(9-26,33-20)17(29)30/h10,13-14,26-28H,2-6,9H2,1H3,(H,29,30)(H,31,32)(H2,21,23,24)/t13-,14+,19+,20-/m0/s1. The fraction of sp³-hybridized carbons (Fsp3) is 0.550. The van der Waals surface area contributed by atoms with E-state index in [9.17, 15) is 35.1 Å². The van der Waals surface area contributed by atoms with Crippen LogP contribution in [0.5, 0.6) is 0 Å². The normalized spacial score (nSPS) is 26.8. The van der Waals surface area contributed by atoms with Crippen LogP contribution in [0.4, 0.5) is 5.82 Å². The predicted octanol–water partition coefficient (Wildman–Crippen LogP) is -0.964. The molecule has 0 unspecified atom stereocenters. The monoisotopic (exact) mass is 463 g/mol. The van der Waals surface area contributed by atoms with Crippen LogP contribution in [-0.4, -0.2) is 81.4 Å². The summed E-state index contributed by atoms with van der Waals surface area (Å²) in [7, 11) is 0. The quantitative estimate of drug-likeness (QED) is 0.206. The predicted molar refractivity (Wildman–Crippen MR) is 112 cm³/mol. The Labute approximate surface area is 187 Å². The lowest BCUT2D eigenvalue weighted by Crippen LogP contribution is -2.52. The SMILES string of the molecule is CCCCCCC#Cc1nc(N)c2ncn([C@]3(C(=O)O)O[C@@](CO)(C(=O)O)[C@@H](O)[C@H]3O)c2n1. The van der Waals surface area contributed by atoms with Gasteiger partial charge in [0.05, 0.1) is 6.61 Å². The van der Waals surface area contributed by atoms with E-state index in [1.54, 1.807) is 0 Å². The number of carboxylic acids is 2. The summed E-state index contributed by atoms with van der Waals surface area (Å²) in [6.07, 6.45) is 0.968. The summed E-state index contributed by atoms with van der Waals surface area (Å²) < 4.78 is 5.98. The number of carboxylic acid groups (broad SMARTS) is 2. The first-order chi connectivity index (χ1) is 15.7. The minimum absolute atomic E-state index is 0.0440. The third kappa shape index (κ3) is 3.87. The molecule has 1 fully saturated rings. The van der Waals surface area contributed by atoms with Crippen molar-refractivity contribution in [3.63, 3.8) is 0 Å². The molecule has 3 rings (SSSR count). The first-order valence-electron chi connectivity index (χ1n) is 10.3. The Morgan fingerprint density at radius 3 is 2.48 bits per heavy atom. The van der Waals surface area contributed by atoms with E-state index in [0.717, 1.165) is 36.6 Å². The first-order valence-corrected chi connectivity index (χ1v) is 10.3. The number of ether oxygens (including phenoxy) is 1. The number of fused-ring (bicyclic) bond motifs is 1. The average Bonchev–Trinajstić information content (AvgIpc) is 3.30. The van der Waals surface area contributed by atoms with Gasteiger partial charge in [-0.15, -0.1) is 0 Å². The smallest absolute Gasteiger partial charge is 0.361 e. The second-order valence-corrected chi connectivity index (χ2v) is 7.68. The molecule has 0 amide bonds. The van der Waals surface area contributed by atoms with Gasteiger partial charge in [-0.3, -0.25) is 4.57 Å². The van der Waals surface area contributed by atoms with Gasteiger partial charge in [0.2, 0.25) is 11.4 Å². The van der Waals surface area contributed by atoms with Crippen molar-refractivity contribution >= 4 is 28.9 Å². The molecule has 0 spiro atoms. The van der Waals surface area contributed by atoms with E-state index < -0.39 is 42.1 Å². The number of aliphatic hydroxyl groups excluding tert-OH is 3. The van der Waals surface area contributed by atoms with Crippen LogP contribution in [0.3, 0.4) is 0 Å². The largest absolute Gasteiger partial charge is 0.479 e. The van der Waals surface area contributed by atoms with Gasteiger partial charge in [0.25, 0.3) is 5.72 Å². The summed E-state index contributed by atoms with van der Waals surface area (Å²) in [6.45, 7) is 0.781. The first kappa shape index (κ1) is 24.3. The molecule has 1 aliphatic heterocycles. The van der Waals surface area contributed by atoms with E-state index in [2.05, 4.69) is 33.7 Å². The van der Waals surface area contributed by atoms with Gasteiger partial charge in [0.1, 0.15) is 24.1 Å². The molecular formula is C20H25N5O8. The number of imidazole rings is 1. The summed E-state index contributed by atoms with van der Waals surface area (Å²) in [5.74, 6) is 1.76. The van der Waals surface area contributed by atoms with E-state index in [0.29, 0.717) is 6.42 Å². The molecule has 0 aliphatic carbocycles. The topological polar surface area (TPSA) is 214 Å². The van der Waals surface area contributed by atoms with Crippen molar-refractivity contribution in [2.24, 2.45) is 0 Å². The Morgan fingerprint density at radius 2 is 1.91 bits per heavy atom. The summed E-state index contributed by atoms with van der Waals surface area (Å²) in [6, 6.07) is 0. The van der Waals surface area contributed by atoms with Crippen LogP contribution in [0.2, 0.25) is 0 Å². The number of hydrogen-bond acceptors (Lipinski definition) is 10. The molecule has 7 N–H and O–H groups in total. The molecule has 2 aromatic heterocycles. The van der Waals surface area contributed by atoms with E-state index >= 15 is 0 Å². The number of hydrogen-bond donors (Lipinski definition) is 6. The second-order valence-electron chi connectivity index (χ2n) is 7.68. The zero-order valence-electron chi connectivity index (χ0n) is 17.8. The molecule has 1 aliphatic rings. The van der Waals surface area contributed by atoms with Gasteiger partial charge in [-0.1, -0.05) is 32.1 Å². The van der Waals surface area contributed by atoms with Crippen molar-refractivity contribution in [1.82, 2.24) is 19.5 Å². The highest BCUT2D eigenvalue weighted by molar-refractivity contribution is 5.87. The molecule has 3 heterocycles. The van der Waals surface area contributed by atoms with Crippen LogP contribution in [-0.2, 0) is 20.1 Å². The number of anilines is 1. The number of unbranched alkanes of at least 4 members (excludes halogenated alkanes) is 4. The van der Waals surface area contributed by atoms with Crippen LogP contribution in [0.1, 0.15) is 44.9 Å². The fourth-order valence-electron chi connectivity index (χ4n) is 3.70. The molecule has 0 radical (unpaired) electrons. The number of nitrogens with two attached hydrogens (primary N) is 1. The minimum Gasteiger partial charge on any atom is -0.479 e. The number of aromatic nitrogens is 4. The van der Waals surface area contributed by atoms with E-state index in [1.165, 1.54) is 0 Å². The van der Waals surface area contributed by atoms with Gasteiger partial charge in [0, 0.05) is 6.42 Å². The molecule has 33 heavy (non-hydrogen) atoms. The van der Waals surface area contributed by atoms with Crippen molar-refractivity contribution < 1.29 is 39.9 Å². The third-order valence-electron chi connectivity index (χ3n) is 5.56. The number of carbonyl (C=O) groups is 2. The van der Waals surface area contributed by atoms with Crippen molar-refractivity contribution in [1.29, 1.82) is 0 Å². The Morgan fingerprint density at radius 1 is 1.18 bits per heavy atom. The van der Waals surface area contributed by atoms with Crippen LogP contribution in [0.15, 0.2) is 6.33 Å². The maximum atomic E-state index is 12.3. The molecule has 1 saturated heterocycles. The Hall–Kier alpha value is -3.31. The van der Waals surface area contributed by atoms with Crippen molar-refractivity contribution in [3.05, 3.63) is 12.2 Å². The molecule has 178 valence electrons. The molecular weight excluding hydrogens is 438 g/mol. The number of aliphatic hydroxyl groups is 3. The molecule has 0 aromatic carbocycles. The lowest BCUT2D eigenvalue weighted by atomic mass is 9.93. The maximum Gasteiger partial charge on any atom is 0.361 e. The van der Waals surface area contributed by atoms with Crippen molar-refractivity contribution in [3.8, 4) is 11.8 Å². The molecule has 0 saturated carbocycles. The highest BCUT2D eigenvalue weighted by Gasteiger charge is 2.71. The fourth-order valence-corrected chi connectivity index (χ4v) is 3.70. The van der Waals surface area contributed by atoms with E-state index in [4.69, 9.17) is 10.5 Å². The summed E-state index contributed by atoms with van der Waals surface area (Å²) in [5.41, 5.74) is -0.0473. The van der Waals surface area contributed by atoms with Crippen LogP contribution >= 0.6 is 0 Å². The maximum absolute atomic E-state index is 12.3. The summed E-state index contributed by atoms with van der Waals surface area (Å²) in [4.78, 5) is 36.2. The summed E-state index contributed by atoms with van der Waals surface area (Å²) in [5, 5.41) is 50.0. The van der Waals surface area contributed by atoms with Gasteiger partial charge in [0.15, 0.2) is 11.5 Å². The lowest BCUT2D eigenvalue weighted by Gasteiger charge is -2.30. The third-order valence-corrected chi connectivity index (χ3v) is 5.56. The number of aliphatic carboxylic acids is 2. The lowest BCUT2D eigenvalue weighted by molar-refractivity contribution is -0.217.